The Hall–Kier alpha value is -4.33. The largest absolute Gasteiger partial charge is 0.490 e. The molecule has 4 rings (SSSR count). The van der Waals surface area contributed by atoms with Crippen molar-refractivity contribution in [3.05, 3.63) is 89.9 Å². The Morgan fingerprint density at radius 3 is 2.51 bits per heavy atom. The first kappa shape index (κ1) is 23.8. The van der Waals surface area contributed by atoms with Gasteiger partial charge in [0, 0.05) is 5.39 Å². The number of ether oxygens (including phenoxy) is 2. The summed E-state index contributed by atoms with van der Waals surface area (Å²) in [6.07, 6.45) is 0. The van der Waals surface area contributed by atoms with Gasteiger partial charge in [-0.1, -0.05) is 36.4 Å². The molecule has 0 spiro atoms. The van der Waals surface area contributed by atoms with Crippen LogP contribution in [-0.4, -0.2) is 25.0 Å². The summed E-state index contributed by atoms with van der Waals surface area (Å²) in [5.41, 5.74) is 0.929. The van der Waals surface area contributed by atoms with Gasteiger partial charge >= 0.3 is 0 Å². The van der Waals surface area contributed by atoms with Crippen LogP contribution in [0.25, 0.3) is 11.0 Å². The van der Waals surface area contributed by atoms with E-state index in [1.54, 1.807) is 37.3 Å². The zero-order valence-corrected chi connectivity index (χ0v) is 19.3. The predicted octanol–water partition coefficient (Wildman–Crippen LogP) is 5.48. The Bertz CT molecular complexity index is 1350. The first-order chi connectivity index (χ1) is 17.0. The van der Waals surface area contributed by atoms with Crippen LogP contribution in [0.15, 0.2) is 77.2 Å². The van der Waals surface area contributed by atoms with Crippen LogP contribution in [0.1, 0.15) is 36.0 Å². The summed E-state index contributed by atoms with van der Waals surface area (Å²) < 4.78 is 30.9. The van der Waals surface area contributed by atoms with Crippen molar-refractivity contribution in [2.24, 2.45) is 0 Å². The number of para-hydroxylation sites is 3. The van der Waals surface area contributed by atoms with Gasteiger partial charge in [0.05, 0.1) is 23.9 Å². The number of benzene rings is 3. The molecule has 180 valence electrons. The lowest BCUT2D eigenvalue weighted by molar-refractivity contribution is -0.118. The normalized spacial score (nSPS) is 11.6. The topological polar surface area (TPSA) is 89.8 Å². The van der Waals surface area contributed by atoms with Crippen molar-refractivity contribution in [1.29, 1.82) is 0 Å². The standard InChI is InChI=1S/C27H25FN2O5/c1-3-33-23-14-8-9-18-15-24(35-26(18)23)17(2)29-27(32)19-10-4-7-13-22(19)34-16-25(31)30-21-12-6-5-11-20(21)28/h4-15,17H,3,16H2,1-2H3,(H,29,32)(H,30,31). The number of anilines is 1. The maximum atomic E-state index is 13.7. The Labute approximate surface area is 201 Å². The molecule has 2 N–H and O–H groups in total. The molecule has 0 aliphatic heterocycles. The number of nitrogens with one attached hydrogen (secondary N) is 2. The summed E-state index contributed by atoms with van der Waals surface area (Å²) >= 11 is 0. The van der Waals surface area contributed by atoms with E-state index in [-0.39, 0.29) is 17.0 Å². The zero-order valence-electron chi connectivity index (χ0n) is 19.3. The first-order valence-electron chi connectivity index (χ1n) is 11.2. The molecule has 1 aromatic heterocycles. The number of furan rings is 1. The van der Waals surface area contributed by atoms with Gasteiger partial charge in [0.15, 0.2) is 17.9 Å². The van der Waals surface area contributed by atoms with E-state index in [4.69, 9.17) is 13.9 Å². The summed E-state index contributed by atoms with van der Waals surface area (Å²) in [7, 11) is 0. The molecule has 4 aromatic rings. The van der Waals surface area contributed by atoms with E-state index < -0.39 is 30.3 Å². The van der Waals surface area contributed by atoms with E-state index >= 15 is 0 Å². The second-order valence-corrected chi connectivity index (χ2v) is 7.76. The molecule has 1 heterocycles. The van der Waals surface area contributed by atoms with Crippen molar-refractivity contribution in [2.75, 3.05) is 18.5 Å². The highest BCUT2D eigenvalue weighted by atomic mass is 19.1. The van der Waals surface area contributed by atoms with Gasteiger partial charge in [0.2, 0.25) is 0 Å². The number of carbonyl (C=O) groups is 2. The third-order valence-corrected chi connectivity index (χ3v) is 5.24. The minimum Gasteiger partial charge on any atom is -0.490 e. The van der Waals surface area contributed by atoms with E-state index in [0.717, 1.165) is 5.39 Å². The number of hydrogen-bond acceptors (Lipinski definition) is 5. The van der Waals surface area contributed by atoms with Crippen LogP contribution < -0.4 is 20.1 Å². The van der Waals surface area contributed by atoms with Crippen molar-refractivity contribution in [2.45, 2.75) is 19.9 Å². The molecule has 0 bridgehead atoms. The van der Waals surface area contributed by atoms with E-state index in [9.17, 15) is 14.0 Å². The highest BCUT2D eigenvalue weighted by molar-refractivity contribution is 5.97. The Balaban J connectivity index is 1.43. The fourth-order valence-corrected chi connectivity index (χ4v) is 3.56. The number of fused-ring (bicyclic) bond motifs is 1. The van der Waals surface area contributed by atoms with E-state index in [2.05, 4.69) is 10.6 Å². The average molecular weight is 477 g/mol. The fraction of sp³-hybridized carbons (Fsp3) is 0.185. The molecule has 0 aliphatic rings. The van der Waals surface area contributed by atoms with Crippen molar-refractivity contribution in [1.82, 2.24) is 5.32 Å². The molecular weight excluding hydrogens is 451 g/mol. The number of hydrogen-bond donors (Lipinski definition) is 2. The molecule has 0 saturated heterocycles. The molecule has 7 nitrogen and oxygen atoms in total. The monoisotopic (exact) mass is 476 g/mol. The Kier molecular flexibility index (Phi) is 7.30. The maximum Gasteiger partial charge on any atom is 0.262 e. The lowest BCUT2D eigenvalue weighted by atomic mass is 10.1. The summed E-state index contributed by atoms with van der Waals surface area (Å²) in [5, 5.41) is 6.22. The molecule has 1 atom stereocenters. The number of amides is 2. The predicted molar refractivity (Wildman–Crippen MR) is 130 cm³/mol. The molecule has 3 aromatic carbocycles. The van der Waals surface area contributed by atoms with Crippen LogP contribution in [0.2, 0.25) is 0 Å². The van der Waals surface area contributed by atoms with Gasteiger partial charge < -0.3 is 24.5 Å². The molecule has 35 heavy (non-hydrogen) atoms. The molecule has 8 heteroatoms. The fourth-order valence-electron chi connectivity index (χ4n) is 3.56. The van der Waals surface area contributed by atoms with E-state index in [1.165, 1.54) is 18.2 Å². The lowest BCUT2D eigenvalue weighted by Gasteiger charge is -2.15. The van der Waals surface area contributed by atoms with Crippen molar-refractivity contribution < 1.29 is 27.9 Å². The Morgan fingerprint density at radius 1 is 0.971 bits per heavy atom. The molecule has 2 amide bonds. The highest BCUT2D eigenvalue weighted by Crippen LogP contribution is 2.31. The van der Waals surface area contributed by atoms with Crippen LogP contribution in [0, 0.1) is 5.82 Å². The van der Waals surface area contributed by atoms with Gasteiger partial charge in [-0.2, -0.15) is 0 Å². The summed E-state index contributed by atoms with van der Waals surface area (Å²) in [4.78, 5) is 25.2. The molecular formula is C27H25FN2O5. The van der Waals surface area contributed by atoms with Crippen LogP contribution in [-0.2, 0) is 4.79 Å². The zero-order chi connectivity index (χ0) is 24.8. The van der Waals surface area contributed by atoms with E-state index in [1.807, 2.05) is 31.2 Å². The van der Waals surface area contributed by atoms with Gasteiger partial charge in [-0.3, -0.25) is 9.59 Å². The van der Waals surface area contributed by atoms with Gasteiger partial charge in [-0.15, -0.1) is 0 Å². The van der Waals surface area contributed by atoms with Crippen molar-refractivity contribution in [3.63, 3.8) is 0 Å². The minimum atomic E-state index is -0.550. The van der Waals surface area contributed by atoms with Crippen LogP contribution >= 0.6 is 0 Å². The van der Waals surface area contributed by atoms with Gasteiger partial charge in [0.1, 0.15) is 17.3 Å². The molecule has 0 fully saturated rings. The third kappa shape index (κ3) is 5.60. The smallest absolute Gasteiger partial charge is 0.262 e. The molecule has 0 aliphatic carbocycles. The summed E-state index contributed by atoms with van der Waals surface area (Å²) in [6.45, 7) is 3.82. The van der Waals surface area contributed by atoms with Crippen LogP contribution in [0.5, 0.6) is 11.5 Å². The van der Waals surface area contributed by atoms with Gasteiger partial charge in [-0.05, 0) is 50.2 Å². The number of carbonyl (C=O) groups excluding carboxylic acids is 2. The second-order valence-electron chi connectivity index (χ2n) is 7.76. The van der Waals surface area contributed by atoms with Gasteiger partial charge in [-0.25, -0.2) is 4.39 Å². The molecule has 0 radical (unpaired) electrons. The Morgan fingerprint density at radius 2 is 1.71 bits per heavy atom. The molecule has 0 saturated carbocycles. The third-order valence-electron chi connectivity index (χ3n) is 5.24. The summed E-state index contributed by atoms with van der Waals surface area (Å²) in [5.74, 6) is -0.0535. The summed E-state index contributed by atoms with van der Waals surface area (Å²) in [6, 6.07) is 19.4. The quantitative estimate of drug-likeness (QED) is 0.334. The van der Waals surface area contributed by atoms with Crippen molar-refractivity contribution in [3.8, 4) is 11.5 Å². The van der Waals surface area contributed by atoms with Crippen molar-refractivity contribution >= 4 is 28.5 Å². The molecule has 1 unspecified atom stereocenters. The van der Waals surface area contributed by atoms with Crippen LogP contribution in [0.3, 0.4) is 0 Å². The average Bonchev–Trinajstić information content (AvgIpc) is 3.30. The minimum absolute atomic E-state index is 0.0549. The second kappa shape index (κ2) is 10.7. The number of halogens is 1. The van der Waals surface area contributed by atoms with Crippen LogP contribution in [0.4, 0.5) is 10.1 Å². The number of rotatable bonds is 9. The lowest BCUT2D eigenvalue weighted by Crippen LogP contribution is -2.27. The van der Waals surface area contributed by atoms with E-state index in [0.29, 0.717) is 23.7 Å². The maximum absolute atomic E-state index is 13.7. The van der Waals surface area contributed by atoms with Gasteiger partial charge in [0.25, 0.3) is 11.8 Å². The highest BCUT2D eigenvalue weighted by Gasteiger charge is 2.20. The SMILES string of the molecule is CCOc1cccc2cc(C(C)NC(=O)c3ccccc3OCC(=O)Nc3ccccc3F)oc12. The first-order valence-corrected chi connectivity index (χ1v) is 11.2.